The van der Waals surface area contributed by atoms with E-state index in [1.54, 1.807) is 17.0 Å². The molecule has 0 bridgehead atoms. The number of hydrogen-bond acceptors (Lipinski definition) is 6. The van der Waals surface area contributed by atoms with Crippen LogP contribution in [0.15, 0.2) is 36.4 Å². The number of rotatable bonds is 11. The summed E-state index contributed by atoms with van der Waals surface area (Å²) in [5, 5.41) is 10.2. The number of hydrazine groups is 1. The van der Waals surface area contributed by atoms with Crippen LogP contribution in [0.2, 0.25) is 0 Å². The average molecular weight is 557 g/mol. The van der Waals surface area contributed by atoms with E-state index < -0.39 is 0 Å². The van der Waals surface area contributed by atoms with E-state index in [0.717, 1.165) is 29.0 Å². The van der Waals surface area contributed by atoms with Gasteiger partial charge in [-0.1, -0.05) is 31.2 Å². The summed E-state index contributed by atoms with van der Waals surface area (Å²) in [4.78, 5) is 42.3. The lowest BCUT2D eigenvalue weighted by molar-refractivity contribution is -0.151. The number of halogens is 1. The Balaban J connectivity index is 0.00000420. The van der Waals surface area contributed by atoms with E-state index in [0.29, 0.717) is 45.6 Å². The second kappa shape index (κ2) is 13.8. The van der Waals surface area contributed by atoms with Crippen molar-refractivity contribution in [1.82, 2.24) is 20.2 Å². The molecule has 2 aliphatic heterocycles. The molecule has 2 aromatic carbocycles. The molecule has 0 unspecified atom stereocenters. The molecule has 39 heavy (non-hydrogen) atoms. The number of nitrogens with one attached hydrogen (secondary N) is 2. The second-order valence-corrected chi connectivity index (χ2v) is 9.96. The molecule has 0 radical (unpaired) electrons. The summed E-state index contributed by atoms with van der Waals surface area (Å²) in [6, 6.07) is 12.3. The molecule has 0 aliphatic carbocycles. The summed E-state index contributed by atoms with van der Waals surface area (Å²) in [7, 11) is 1.78. The zero-order valence-corrected chi connectivity index (χ0v) is 24.3. The predicted molar refractivity (Wildman–Crippen MR) is 157 cm³/mol. The summed E-state index contributed by atoms with van der Waals surface area (Å²) < 4.78 is 0. The molecule has 2 aromatic rings. The number of likely N-dealkylation sites (N-methyl/N-ethyl adjacent to an activating group) is 2. The molecule has 9 nitrogen and oxygen atoms in total. The first-order valence-corrected chi connectivity index (χ1v) is 13.6. The maximum Gasteiger partial charge on any atom is 0.256 e. The van der Waals surface area contributed by atoms with E-state index >= 15 is 0 Å². The Labute approximate surface area is 237 Å². The van der Waals surface area contributed by atoms with Crippen molar-refractivity contribution >= 4 is 41.5 Å². The highest BCUT2D eigenvalue weighted by Gasteiger charge is 2.27. The van der Waals surface area contributed by atoms with Crippen molar-refractivity contribution in [3.63, 3.8) is 0 Å². The van der Waals surface area contributed by atoms with Crippen molar-refractivity contribution in [2.24, 2.45) is 0 Å². The van der Waals surface area contributed by atoms with Crippen LogP contribution in [0.3, 0.4) is 0 Å². The summed E-state index contributed by atoms with van der Waals surface area (Å²) in [5.74, 6) is -0.0900. The standard InChI is InChI=1S/C29H40N6O3.ClH/c1-5-30-13-14-33(20-29(38)32(4)34-18-23-9-7-8-10-24(23)19-34)28(37)17-31-25-16-22-11-12-27(36)35(6-2)26(22)15-21(25)3;/h7-10,15-16,30-31H,5-6,11-14,17-20H2,1-4H3;1H. The molecule has 212 valence electrons. The lowest BCUT2D eigenvalue weighted by atomic mass is 9.98. The molecule has 3 amide bonds. The smallest absolute Gasteiger partial charge is 0.256 e. The van der Waals surface area contributed by atoms with Gasteiger partial charge in [0.05, 0.1) is 6.54 Å². The van der Waals surface area contributed by atoms with Crippen LogP contribution in [0.5, 0.6) is 0 Å². The van der Waals surface area contributed by atoms with Crippen molar-refractivity contribution in [3.8, 4) is 0 Å². The Morgan fingerprint density at radius 1 is 1.00 bits per heavy atom. The number of hydrogen-bond donors (Lipinski definition) is 2. The number of carbonyl (C=O) groups is 3. The number of amides is 3. The van der Waals surface area contributed by atoms with Crippen LogP contribution in [0.1, 0.15) is 42.5 Å². The van der Waals surface area contributed by atoms with Gasteiger partial charge < -0.3 is 20.4 Å². The molecule has 10 heteroatoms. The first kappa shape index (κ1) is 30.4. The van der Waals surface area contributed by atoms with Crippen LogP contribution in [-0.2, 0) is 33.9 Å². The van der Waals surface area contributed by atoms with Crippen LogP contribution in [0.25, 0.3) is 0 Å². The fraction of sp³-hybridized carbons (Fsp3) is 0.483. The van der Waals surface area contributed by atoms with Gasteiger partial charge in [0.25, 0.3) is 5.91 Å². The second-order valence-electron chi connectivity index (χ2n) is 9.96. The Kier molecular flexibility index (Phi) is 10.7. The van der Waals surface area contributed by atoms with Gasteiger partial charge in [0.2, 0.25) is 11.8 Å². The lowest BCUT2D eigenvalue weighted by Gasteiger charge is -2.31. The number of carbonyl (C=O) groups excluding carboxylic acids is 3. The highest BCUT2D eigenvalue weighted by atomic mass is 35.5. The van der Waals surface area contributed by atoms with Gasteiger partial charge in [-0.15, -0.1) is 12.4 Å². The zero-order valence-electron chi connectivity index (χ0n) is 23.5. The SMILES string of the molecule is CCNCCN(CC(=O)N(C)N1Cc2ccccc2C1)C(=O)CNc1cc2c(cc1C)N(CC)C(=O)CC2.Cl. The summed E-state index contributed by atoms with van der Waals surface area (Å²) in [5.41, 5.74) is 6.38. The number of anilines is 2. The Morgan fingerprint density at radius 3 is 2.33 bits per heavy atom. The van der Waals surface area contributed by atoms with Gasteiger partial charge in [-0.2, -0.15) is 0 Å². The van der Waals surface area contributed by atoms with Gasteiger partial charge in [0, 0.05) is 57.6 Å². The fourth-order valence-electron chi connectivity index (χ4n) is 5.15. The zero-order chi connectivity index (χ0) is 27.2. The largest absolute Gasteiger partial charge is 0.376 e. The predicted octanol–water partition coefficient (Wildman–Crippen LogP) is 2.96. The fourth-order valence-corrected chi connectivity index (χ4v) is 5.15. The molecule has 0 atom stereocenters. The molecule has 0 saturated carbocycles. The third-order valence-electron chi connectivity index (χ3n) is 7.47. The topological polar surface area (TPSA) is 88.2 Å². The Bertz CT molecular complexity index is 1160. The highest BCUT2D eigenvalue weighted by molar-refractivity contribution is 5.97. The maximum atomic E-state index is 13.3. The Morgan fingerprint density at radius 2 is 1.69 bits per heavy atom. The molecule has 2 aliphatic rings. The molecule has 0 saturated heterocycles. The van der Waals surface area contributed by atoms with Crippen molar-refractivity contribution in [3.05, 3.63) is 58.7 Å². The maximum absolute atomic E-state index is 13.3. The van der Waals surface area contributed by atoms with Gasteiger partial charge >= 0.3 is 0 Å². The number of aryl methyl sites for hydroxylation is 2. The van der Waals surface area contributed by atoms with Crippen LogP contribution in [0.4, 0.5) is 11.4 Å². The number of fused-ring (bicyclic) bond motifs is 2. The third kappa shape index (κ3) is 7.09. The van der Waals surface area contributed by atoms with E-state index in [1.807, 2.05) is 48.9 Å². The van der Waals surface area contributed by atoms with Crippen molar-refractivity contribution < 1.29 is 14.4 Å². The molecule has 0 fully saturated rings. The third-order valence-corrected chi connectivity index (χ3v) is 7.47. The Hall–Kier alpha value is -3.14. The molecule has 2 heterocycles. The minimum atomic E-state index is -0.128. The number of benzene rings is 2. The van der Waals surface area contributed by atoms with E-state index in [1.165, 1.54) is 11.1 Å². The normalized spacial score (nSPS) is 14.4. The van der Waals surface area contributed by atoms with Crippen LogP contribution < -0.4 is 15.5 Å². The first-order chi connectivity index (χ1) is 18.3. The highest BCUT2D eigenvalue weighted by Crippen LogP contribution is 2.32. The summed E-state index contributed by atoms with van der Waals surface area (Å²) in [6.45, 7) is 9.97. The van der Waals surface area contributed by atoms with E-state index in [-0.39, 0.29) is 43.2 Å². The molecule has 0 aromatic heterocycles. The average Bonchev–Trinajstić information content (AvgIpc) is 3.35. The van der Waals surface area contributed by atoms with Gasteiger partial charge in [-0.05, 0) is 61.2 Å². The van der Waals surface area contributed by atoms with E-state index in [9.17, 15) is 14.4 Å². The monoisotopic (exact) mass is 556 g/mol. The van der Waals surface area contributed by atoms with Crippen molar-refractivity contribution in [1.29, 1.82) is 0 Å². The van der Waals surface area contributed by atoms with Crippen molar-refractivity contribution in [2.75, 3.05) is 56.5 Å². The minimum absolute atomic E-state index is 0. The summed E-state index contributed by atoms with van der Waals surface area (Å²) in [6.07, 6.45) is 1.20. The molecule has 0 spiro atoms. The minimum Gasteiger partial charge on any atom is -0.376 e. The summed E-state index contributed by atoms with van der Waals surface area (Å²) >= 11 is 0. The quantitative estimate of drug-likeness (QED) is 0.414. The van der Waals surface area contributed by atoms with Gasteiger partial charge in [0.1, 0.15) is 6.54 Å². The number of nitrogens with zero attached hydrogens (tertiary/aromatic N) is 4. The van der Waals surface area contributed by atoms with Crippen LogP contribution in [-0.4, -0.2) is 79.0 Å². The van der Waals surface area contributed by atoms with Crippen molar-refractivity contribution in [2.45, 2.75) is 46.7 Å². The van der Waals surface area contributed by atoms with Gasteiger partial charge in [0.15, 0.2) is 0 Å². The van der Waals surface area contributed by atoms with Gasteiger partial charge in [-0.25, -0.2) is 5.01 Å². The van der Waals surface area contributed by atoms with Crippen LogP contribution in [0, 0.1) is 6.92 Å². The molecule has 2 N–H and O–H groups in total. The molecular formula is C29H41ClN6O3. The molecular weight excluding hydrogens is 516 g/mol. The van der Waals surface area contributed by atoms with E-state index in [4.69, 9.17) is 0 Å². The van der Waals surface area contributed by atoms with Gasteiger partial charge in [-0.3, -0.25) is 19.4 Å². The first-order valence-electron chi connectivity index (χ1n) is 13.6. The lowest BCUT2D eigenvalue weighted by Crippen LogP contribution is -2.49. The van der Waals surface area contributed by atoms with E-state index in [2.05, 4.69) is 28.8 Å². The van der Waals surface area contributed by atoms with Crippen LogP contribution >= 0.6 is 12.4 Å². The molecule has 4 rings (SSSR count).